The van der Waals surface area contributed by atoms with Crippen molar-refractivity contribution in [2.75, 3.05) is 26.7 Å². The lowest BCUT2D eigenvalue weighted by Gasteiger charge is -2.35. The van der Waals surface area contributed by atoms with E-state index in [-0.39, 0.29) is 37.6 Å². The second-order valence-corrected chi connectivity index (χ2v) is 8.54. The van der Waals surface area contributed by atoms with Crippen LogP contribution in [0.15, 0.2) is 36.5 Å². The molecule has 1 N–H and O–H groups in total. The van der Waals surface area contributed by atoms with Gasteiger partial charge in [-0.05, 0) is 25.5 Å². The van der Waals surface area contributed by atoms with Crippen molar-refractivity contribution in [3.63, 3.8) is 0 Å². The number of hydrogen-bond acceptors (Lipinski definition) is 7. The number of amides is 2. The number of carbonyl (C=O) groups excluding carboxylic acids is 2. The van der Waals surface area contributed by atoms with E-state index in [4.69, 9.17) is 9.47 Å². The third-order valence-corrected chi connectivity index (χ3v) is 5.76. The molecule has 2 amide bonds. The molecule has 0 saturated carbocycles. The normalized spacial score (nSPS) is 20.8. The summed E-state index contributed by atoms with van der Waals surface area (Å²) in [6.45, 7) is 5.15. The summed E-state index contributed by atoms with van der Waals surface area (Å²) < 4.78 is 13.3. The van der Waals surface area contributed by atoms with Crippen LogP contribution in [0.25, 0.3) is 0 Å². The maximum Gasteiger partial charge on any atom is 0.415 e. The summed E-state index contributed by atoms with van der Waals surface area (Å²) in [5, 5.41) is 17.9. The molecule has 2 heterocycles. The van der Waals surface area contributed by atoms with Crippen molar-refractivity contribution in [2.45, 2.75) is 52.0 Å². The van der Waals surface area contributed by atoms with Crippen LogP contribution in [0, 0.1) is 5.92 Å². The number of likely N-dealkylation sites (N-methyl/N-ethyl adjacent to an activating group) is 1. The van der Waals surface area contributed by atoms with Crippen LogP contribution >= 0.6 is 0 Å². The third-order valence-electron chi connectivity index (χ3n) is 5.76. The second kappa shape index (κ2) is 11.8. The quantitative estimate of drug-likeness (QED) is 0.727. The number of carbonyl (C=O) groups is 2. The fourth-order valence-corrected chi connectivity index (χ4v) is 3.70. The summed E-state index contributed by atoms with van der Waals surface area (Å²) in [6, 6.07) is 8.55. The molecule has 1 aromatic heterocycles. The van der Waals surface area contributed by atoms with Gasteiger partial charge in [0.1, 0.15) is 11.4 Å². The fourth-order valence-electron chi connectivity index (χ4n) is 3.70. The van der Waals surface area contributed by atoms with Crippen LogP contribution in [0.3, 0.4) is 0 Å². The molecule has 3 rings (SSSR count). The van der Waals surface area contributed by atoms with E-state index in [0.717, 1.165) is 0 Å². The van der Waals surface area contributed by atoms with Gasteiger partial charge < -0.3 is 24.4 Å². The molecule has 2 bridgehead atoms. The molecular weight excluding hydrogens is 426 g/mol. The van der Waals surface area contributed by atoms with Crippen LogP contribution < -0.4 is 4.74 Å². The van der Waals surface area contributed by atoms with E-state index in [1.807, 2.05) is 26.1 Å². The highest BCUT2D eigenvalue weighted by molar-refractivity contribution is 5.76. The Morgan fingerprint density at radius 1 is 1.36 bits per heavy atom. The first-order valence-corrected chi connectivity index (χ1v) is 11.3. The number of aliphatic hydroxyl groups is 1. The molecule has 10 nitrogen and oxygen atoms in total. The molecule has 1 aliphatic heterocycles. The lowest BCUT2D eigenvalue weighted by atomic mass is 10.0. The van der Waals surface area contributed by atoms with Gasteiger partial charge in [-0.1, -0.05) is 30.3 Å². The van der Waals surface area contributed by atoms with Gasteiger partial charge in [-0.15, -0.1) is 5.10 Å². The highest BCUT2D eigenvalue weighted by Gasteiger charge is 2.29. The molecule has 0 spiro atoms. The fraction of sp³-hybridized carbons (Fsp3) is 0.565. The van der Waals surface area contributed by atoms with E-state index in [2.05, 4.69) is 10.3 Å². The van der Waals surface area contributed by atoms with Gasteiger partial charge in [-0.25, -0.2) is 4.79 Å². The molecule has 0 fully saturated rings. The SMILES string of the molecule is C[C@@H]1CN([C@@H](C)CO)C(=O)CCCn2cc(nn2)CO[C@H]1CN(C)C(=O)Oc1ccccc1. The molecule has 0 radical (unpaired) electrons. The van der Waals surface area contributed by atoms with E-state index in [1.54, 1.807) is 40.9 Å². The Hall–Kier alpha value is -2.98. The monoisotopic (exact) mass is 459 g/mol. The first-order chi connectivity index (χ1) is 15.9. The number of hydrogen-bond donors (Lipinski definition) is 1. The van der Waals surface area contributed by atoms with Crippen molar-refractivity contribution in [3.05, 3.63) is 42.2 Å². The number of aryl methyl sites for hydroxylation is 1. The van der Waals surface area contributed by atoms with Crippen molar-refractivity contribution in [1.82, 2.24) is 24.8 Å². The number of fused-ring (bicyclic) bond motifs is 2. The van der Waals surface area contributed by atoms with Crippen LogP contribution in [0.5, 0.6) is 5.75 Å². The molecule has 1 aromatic carbocycles. The molecule has 0 saturated heterocycles. The van der Waals surface area contributed by atoms with E-state index in [0.29, 0.717) is 37.4 Å². The zero-order chi connectivity index (χ0) is 23.8. The van der Waals surface area contributed by atoms with Crippen molar-refractivity contribution in [3.8, 4) is 5.75 Å². The summed E-state index contributed by atoms with van der Waals surface area (Å²) in [5.41, 5.74) is 0.688. The minimum atomic E-state index is -0.498. The highest BCUT2D eigenvalue weighted by Crippen LogP contribution is 2.18. The molecule has 2 aromatic rings. The van der Waals surface area contributed by atoms with Gasteiger partial charge in [-0.3, -0.25) is 9.48 Å². The Kier molecular flexibility index (Phi) is 8.79. The molecule has 180 valence electrons. The summed E-state index contributed by atoms with van der Waals surface area (Å²) in [7, 11) is 1.65. The smallest absolute Gasteiger partial charge is 0.410 e. The maximum atomic E-state index is 12.9. The molecule has 1 aliphatic rings. The van der Waals surface area contributed by atoms with E-state index in [9.17, 15) is 14.7 Å². The third kappa shape index (κ3) is 7.00. The van der Waals surface area contributed by atoms with Gasteiger partial charge >= 0.3 is 6.09 Å². The number of para-hydroxylation sites is 1. The topological polar surface area (TPSA) is 110 Å². The van der Waals surface area contributed by atoms with Crippen molar-refractivity contribution in [2.24, 2.45) is 5.92 Å². The standard InChI is InChI=1S/C23H33N5O5/c1-17-12-28(18(2)15-29)22(30)10-7-11-27-13-19(24-25-27)16-32-21(17)14-26(3)23(31)33-20-8-5-4-6-9-20/h4-6,8-9,13,17-18,21,29H,7,10-12,14-16H2,1-3H3/t17-,18+,21+/m1/s1. The number of nitrogens with zero attached hydrogens (tertiary/aromatic N) is 5. The molecule has 33 heavy (non-hydrogen) atoms. The maximum absolute atomic E-state index is 12.9. The largest absolute Gasteiger partial charge is 0.415 e. The highest BCUT2D eigenvalue weighted by atomic mass is 16.6. The average molecular weight is 460 g/mol. The van der Waals surface area contributed by atoms with Crippen molar-refractivity contribution < 1.29 is 24.2 Å². The molecule has 0 aliphatic carbocycles. The van der Waals surface area contributed by atoms with E-state index >= 15 is 0 Å². The van der Waals surface area contributed by atoms with E-state index in [1.165, 1.54) is 4.90 Å². The Morgan fingerprint density at radius 3 is 2.85 bits per heavy atom. The van der Waals surface area contributed by atoms with Gasteiger partial charge in [0.2, 0.25) is 5.91 Å². The number of ether oxygens (including phenoxy) is 2. The van der Waals surface area contributed by atoms with Crippen LogP contribution in [0.4, 0.5) is 4.79 Å². The van der Waals surface area contributed by atoms with E-state index < -0.39 is 12.2 Å². The Bertz CT molecular complexity index is 906. The van der Waals surface area contributed by atoms with Crippen LogP contribution in [-0.2, 0) is 22.7 Å². The lowest BCUT2D eigenvalue weighted by Crippen LogP contribution is -2.48. The first-order valence-electron chi connectivity index (χ1n) is 11.3. The van der Waals surface area contributed by atoms with Crippen LogP contribution in [-0.4, -0.2) is 80.8 Å². The Labute approximate surface area is 194 Å². The van der Waals surface area contributed by atoms with Gasteiger partial charge in [0, 0.05) is 32.5 Å². The zero-order valence-corrected chi connectivity index (χ0v) is 19.5. The van der Waals surface area contributed by atoms with Crippen LogP contribution in [0.1, 0.15) is 32.4 Å². The summed E-state index contributed by atoms with van der Waals surface area (Å²) in [5.74, 6) is 0.313. The molecule has 0 unspecified atom stereocenters. The molecule has 10 heteroatoms. The Balaban J connectivity index is 1.75. The van der Waals surface area contributed by atoms with Gasteiger partial charge in [0.05, 0.1) is 38.1 Å². The summed E-state index contributed by atoms with van der Waals surface area (Å²) >= 11 is 0. The number of benzene rings is 1. The summed E-state index contributed by atoms with van der Waals surface area (Å²) in [4.78, 5) is 28.7. The second-order valence-electron chi connectivity index (χ2n) is 8.54. The van der Waals surface area contributed by atoms with Gasteiger partial charge in [0.25, 0.3) is 0 Å². The lowest BCUT2D eigenvalue weighted by molar-refractivity contribution is -0.136. The predicted octanol–water partition coefficient (Wildman–Crippen LogP) is 1.93. The molecular formula is C23H33N5O5. The van der Waals surface area contributed by atoms with Crippen molar-refractivity contribution in [1.29, 1.82) is 0 Å². The number of aliphatic hydroxyl groups excluding tert-OH is 1. The minimum absolute atomic E-state index is 0.0291. The minimum Gasteiger partial charge on any atom is -0.410 e. The Morgan fingerprint density at radius 2 is 2.12 bits per heavy atom. The van der Waals surface area contributed by atoms with Crippen molar-refractivity contribution >= 4 is 12.0 Å². The zero-order valence-electron chi connectivity index (χ0n) is 19.5. The number of aromatic nitrogens is 3. The average Bonchev–Trinajstić information content (AvgIpc) is 3.27. The van der Waals surface area contributed by atoms with Gasteiger partial charge in [-0.2, -0.15) is 0 Å². The predicted molar refractivity (Wildman–Crippen MR) is 120 cm³/mol. The number of rotatable bonds is 5. The summed E-state index contributed by atoms with van der Waals surface area (Å²) in [6.07, 6.45) is 1.89. The molecule has 3 atom stereocenters. The van der Waals surface area contributed by atoms with Gasteiger partial charge in [0.15, 0.2) is 0 Å². The first kappa shape index (κ1) is 24.7. The van der Waals surface area contributed by atoms with Crippen LogP contribution in [0.2, 0.25) is 0 Å².